The van der Waals surface area contributed by atoms with Crippen LogP contribution in [0, 0.1) is 5.82 Å². The third-order valence-corrected chi connectivity index (χ3v) is 1.81. The van der Waals surface area contributed by atoms with Crippen molar-refractivity contribution in [3.05, 3.63) is 29.0 Å². The van der Waals surface area contributed by atoms with Gasteiger partial charge in [0.2, 0.25) is 5.91 Å². The van der Waals surface area contributed by atoms with Gasteiger partial charge in [-0.1, -0.05) is 17.7 Å². The minimum Gasteiger partial charge on any atom is -0.488 e. The van der Waals surface area contributed by atoms with Crippen molar-refractivity contribution in [1.29, 1.82) is 0 Å². The van der Waals surface area contributed by atoms with E-state index in [2.05, 4.69) is 0 Å². The predicted molar refractivity (Wildman–Crippen MR) is 50.7 cm³/mol. The highest BCUT2D eigenvalue weighted by atomic mass is 35.5. The molecule has 0 saturated carbocycles. The first-order chi connectivity index (χ1) is 6.61. The van der Waals surface area contributed by atoms with E-state index in [0.717, 1.165) is 0 Å². The molecule has 1 aromatic rings. The van der Waals surface area contributed by atoms with E-state index in [0.29, 0.717) is 0 Å². The molecule has 2 N–H and O–H groups in total. The van der Waals surface area contributed by atoms with E-state index in [1.54, 1.807) is 0 Å². The van der Waals surface area contributed by atoms with Gasteiger partial charge in [0, 0.05) is 0 Å². The van der Waals surface area contributed by atoms with Crippen LogP contribution in [0.15, 0.2) is 18.2 Å². The molecule has 76 valence electrons. The van der Waals surface area contributed by atoms with Crippen molar-refractivity contribution in [3.63, 3.8) is 0 Å². The normalized spacial score (nSPS) is 9.86. The summed E-state index contributed by atoms with van der Waals surface area (Å²) < 4.78 is 18.0. The summed E-state index contributed by atoms with van der Waals surface area (Å²) in [5.74, 6) is -1.10. The molecule has 0 aromatic heterocycles. The molecule has 14 heavy (non-hydrogen) atoms. The van der Waals surface area contributed by atoms with Crippen LogP contribution in [0.3, 0.4) is 0 Å². The Kier molecular flexibility index (Phi) is 3.71. The lowest BCUT2D eigenvalue weighted by atomic mass is 10.3. The molecule has 1 aromatic carbocycles. The molecule has 0 radical (unpaired) electrons. The maximum absolute atomic E-state index is 13.0. The number of hydrogen-bond donors (Lipinski definition) is 1. The second kappa shape index (κ2) is 4.81. The molecular formula is C9H9ClFNO2. The average Bonchev–Trinajstić information content (AvgIpc) is 2.09. The van der Waals surface area contributed by atoms with Gasteiger partial charge in [0.25, 0.3) is 0 Å². The molecule has 0 atom stereocenters. The molecule has 0 fully saturated rings. The molecule has 0 bridgehead atoms. The quantitative estimate of drug-likeness (QED) is 0.835. The van der Waals surface area contributed by atoms with E-state index in [-0.39, 0.29) is 23.8 Å². The number of halogens is 2. The molecule has 5 heteroatoms. The number of carbonyl (C=O) groups excluding carboxylic acids is 1. The number of hydrogen-bond acceptors (Lipinski definition) is 2. The number of nitrogens with two attached hydrogens (primary N) is 1. The molecule has 0 unspecified atom stereocenters. The topological polar surface area (TPSA) is 52.3 Å². The summed E-state index contributed by atoms with van der Waals surface area (Å²) in [6.45, 7) is 0.0238. The summed E-state index contributed by atoms with van der Waals surface area (Å²) in [4.78, 5) is 10.4. The van der Waals surface area contributed by atoms with E-state index in [1.807, 2.05) is 0 Å². The first kappa shape index (κ1) is 10.8. The zero-order chi connectivity index (χ0) is 10.6. The number of rotatable bonds is 4. The number of benzene rings is 1. The summed E-state index contributed by atoms with van der Waals surface area (Å²) in [5, 5.41) is 0.175. The van der Waals surface area contributed by atoms with Crippen LogP contribution in [0.5, 0.6) is 5.75 Å². The highest BCUT2D eigenvalue weighted by molar-refractivity contribution is 6.32. The second-order valence-corrected chi connectivity index (χ2v) is 3.02. The van der Waals surface area contributed by atoms with E-state index in [4.69, 9.17) is 22.1 Å². The Morgan fingerprint density at radius 3 is 2.86 bits per heavy atom. The number of para-hydroxylation sites is 1. The van der Waals surface area contributed by atoms with E-state index in [1.165, 1.54) is 18.2 Å². The lowest BCUT2D eigenvalue weighted by Gasteiger charge is -2.07. The van der Waals surface area contributed by atoms with Gasteiger partial charge in [-0.15, -0.1) is 0 Å². The summed E-state index contributed by atoms with van der Waals surface area (Å²) >= 11 is 5.66. The Labute approximate surface area is 85.6 Å². The van der Waals surface area contributed by atoms with Crippen LogP contribution in [0.1, 0.15) is 6.42 Å². The van der Waals surface area contributed by atoms with E-state index < -0.39 is 11.7 Å². The third-order valence-electron chi connectivity index (χ3n) is 1.51. The largest absolute Gasteiger partial charge is 0.488 e. The smallest absolute Gasteiger partial charge is 0.220 e. The highest BCUT2D eigenvalue weighted by Crippen LogP contribution is 2.27. The van der Waals surface area contributed by atoms with Gasteiger partial charge in [-0.2, -0.15) is 0 Å². The lowest BCUT2D eigenvalue weighted by Crippen LogP contribution is -2.14. The Morgan fingerprint density at radius 2 is 2.29 bits per heavy atom. The zero-order valence-electron chi connectivity index (χ0n) is 7.30. The van der Waals surface area contributed by atoms with Crippen LogP contribution in [0.25, 0.3) is 0 Å². The van der Waals surface area contributed by atoms with Gasteiger partial charge in [0.1, 0.15) is 0 Å². The molecule has 1 rings (SSSR count). The van der Waals surface area contributed by atoms with Gasteiger partial charge in [0.15, 0.2) is 11.6 Å². The van der Waals surface area contributed by atoms with Crippen molar-refractivity contribution >= 4 is 17.5 Å². The molecule has 3 nitrogen and oxygen atoms in total. The summed E-state index contributed by atoms with van der Waals surface area (Å²) in [7, 11) is 0. The van der Waals surface area contributed by atoms with Gasteiger partial charge in [-0.05, 0) is 12.1 Å². The Balaban J connectivity index is 2.62. The Hall–Kier alpha value is -1.29. The van der Waals surface area contributed by atoms with Crippen LogP contribution < -0.4 is 10.5 Å². The molecule has 0 aliphatic carbocycles. The Bertz CT molecular complexity index is 323. The van der Waals surface area contributed by atoms with Crippen LogP contribution in [0.2, 0.25) is 5.02 Å². The fraction of sp³-hybridized carbons (Fsp3) is 0.222. The maximum atomic E-state index is 13.0. The minimum atomic E-state index is -0.554. The molecule has 0 heterocycles. The zero-order valence-corrected chi connectivity index (χ0v) is 8.05. The van der Waals surface area contributed by atoms with Crippen LogP contribution in [-0.4, -0.2) is 12.5 Å². The van der Waals surface area contributed by atoms with Crippen molar-refractivity contribution in [2.45, 2.75) is 6.42 Å². The number of carbonyl (C=O) groups is 1. The summed E-state index contributed by atoms with van der Waals surface area (Å²) in [6.07, 6.45) is 0.0324. The van der Waals surface area contributed by atoms with Gasteiger partial charge in [-0.25, -0.2) is 4.39 Å². The van der Waals surface area contributed by atoms with Crippen molar-refractivity contribution < 1.29 is 13.9 Å². The second-order valence-electron chi connectivity index (χ2n) is 2.62. The number of ether oxygens (including phenoxy) is 1. The van der Waals surface area contributed by atoms with Crippen molar-refractivity contribution in [2.24, 2.45) is 5.73 Å². The number of primary amides is 1. The standard InChI is InChI=1S/C9H9ClFNO2/c10-6-2-1-3-7(11)9(6)14-5-4-8(12)13/h1-3H,4-5H2,(H2,12,13). The fourth-order valence-corrected chi connectivity index (χ4v) is 1.09. The molecule has 0 saturated heterocycles. The van der Waals surface area contributed by atoms with Crippen molar-refractivity contribution in [2.75, 3.05) is 6.61 Å². The summed E-state index contributed by atoms with van der Waals surface area (Å²) in [6, 6.07) is 4.20. The lowest BCUT2D eigenvalue weighted by molar-refractivity contribution is -0.118. The molecule has 1 amide bonds. The first-order valence-corrected chi connectivity index (χ1v) is 4.34. The predicted octanol–water partition coefficient (Wildman–Crippen LogP) is 1.73. The molecule has 0 aliphatic heterocycles. The van der Waals surface area contributed by atoms with Crippen molar-refractivity contribution in [1.82, 2.24) is 0 Å². The average molecular weight is 218 g/mol. The highest BCUT2D eigenvalue weighted by Gasteiger charge is 2.07. The molecular weight excluding hydrogens is 209 g/mol. The van der Waals surface area contributed by atoms with Crippen LogP contribution >= 0.6 is 11.6 Å². The molecule has 0 spiro atoms. The van der Waals surface area contributed by atoms with E-state index in [9.17, 15) is 9.18 Å². The van der Waals surface area contributed by atoms with Crippen LogP contribution in [0.4, 0.5) is 4.39 Å². The maximum Gasteiger partial charge on any atom is 0.220 e. The van der Waals surface area contributed by atoms with Gasteiger partial charge >= 0.3 is 0 Å². The van der Waals surface area contributed by atoms with Gasteiger partial charge < -0.3 is 10.5 Å². The SMILES string of the molecule is NC(=O)CCOc1c(F)cccc1Cl. The van der Waals surface area contributed by atoms with Crippen LogP contribution in [-0.2, 0) is 4.79 Å². The fourth-order valence-electron chi connectivity index (χ4n) is 0.874. The Morgan fingerprint density at radius 1 is 1.57 bits per heavy atom. The van der Waals surface area contributed by atoms with Gasteiger partial charge in [-0.3, -0.25) is 4.79 Å². The first-order valence-electron chi connectivity index (χ1n) is 3.96. The van der Waals surface area contributed by atoms with Gasteiger partial charge in [0.05, 0.1) is 18.1 Å². The van der Waals surface area contributed by atoms with E-state index >= 15 is 0 Å². The minimum absolute atomic E-state index is 0.0238. The molecule has 0 aliphatic rings. The summed E-state index contributed by atoms with van der Waals surface area (Å²) in [5.41, 5.74) is 4.89. The monoisotopic (exact) mass is 217 g/mol. The van der Waals surface area contributed by atoms with Crippen molar-refractivity contribution in [3.8, 4) is 5.75 Å². The third kappa shape index (κ3) is 2.88. The number of amides is 1.